The molecule has 1 heteroatoms. The first kappa shape index (κ1) is 13.6. The van der Waals surface area contributed by atoms with E-state index in [0.717, 1.165) is 11.8 Å². The first-order chi connectivity index (χ1) is 8.59. The summed E-state index contributed by atoms with van der Waals surface area (Å²) in [7, 11) is 2.27. The highest BCUT2D eigenvalue weighted by atomic mass is 15.1. The highest BCUT2D eigenvalue weighted by Crippen LogP contribution is 2.29. The molecule has 0 aromatic heterocycles. The van der Waals surface area contributed by atoms with Crippen molar-refractivity contribution in [3.8, 4) is 0 Å². The Kier molecular flexibility index (Phi) is 4.45. The number of hydrogen-bond donors (Lipinski definition) is 0. The summed E-state index contributed by atoms with van der Waals surface area (Å²) >= 11 is 0. The van der Waals surface area contributed by atoms with E-state index in [-0.39, 0.29) is 0 Å². The van der Waals surface area contributed by atoms with Crippen LogP contribution in [-0.2, 0) is 0 Å². The van der Waals surface area contributed by atoms with Crippen LogP contribution in [0.1, 0.15) is 40.0 Å². The van der Waals surface area contributed by atoms with Crippen molar-refractivity contribution in [2.75, 3.05) is 13.6 Å². The van der Waals surface area contributed by atoms with Gasteiger partial charge >= 0.3 is 0 Å². The lowest BCUT2D eigenvalue weighted by molar-refractivity contribution is 0.285. The van der Waals surface area contributed by atoms with Crippen molar-refractivity contribution in [1.29, 1.82) is 0 Å². The van der Waals surface area contributed by atoms with Crippen molar-refractivity contribution in [3.05, 3.63) is 35.5 Å². The Hall–Kier alpha value is -0.820. The molecule has 0 saturated heterocycles. The Morgan fingerprint density at radius 3 is 2.72 bits per heavy atom. The molecule has 1 nitrogen and oxygen atoms in total. The van der Waals surface area contributed by atoms with Crippen LogP contribution in [-0.4, -0.2) is 24.5 Å². The molecule has 2 aliphatic rings. The molecule has 0 amide bonds. The normalized spacial score (nSPS) is 30.1. The van der Waals surface area contributed by atoms with Crippen molar-refractivity contribution in [2.45, 2.75) is 46.1 Å². The van der Waals surface area contributed by atoms with Gasteiger partial charge in [0.05, 0.1) is 0 Å². The minimum Gasteiger partial charge on any atom is -0.296 e. The van der Waals surface area contributed by atoms with E-state index in [1.807, 2.05) is 0 Å². The van der Waals surface area contributed by atoms with E-state index in [0.29, 0.717) is 6.04 Å². The molecule has 0 saturated carbocycles. The third kappa shape index (κ3) is 2.95. The molecular formula is C17H27N. The fourth-order valence-corrected chi connectivity index (χ4v) is 3.10. The van der Waals surface area contributed by atoms with Crippen LogP contribution < -0.4 is 0 Å². The maximum Gasteiger partial charge on any atom is 0.0494 e. The molecule has 1 aliphatic heterocycles. The standard InChI is InChI=1S/C17H27N/c1-13(2)15-9-10-17(18(4)12-11-15)16-8-6-5-7-14(16)3/h5,7,9-10,13,15,17H,6,8,11-12H2,1-4H3. The average Bonchev–Trinajstić information content (AvgIpc) is 2.52. The SMILES string of the molecule is CC1=C(C2C=CC(C(C)C)CCN2C)CCC=C1. The predicted molar refractivity (Wildman–Crippen MR) is 79.6 cm³/mol. The van der Waals surface area contributed by atoms with E-state index in [2.05, 4.69) is 57.0 Å². The highest BCUT2D eigenvalue weighted by molar-refractivity contribution is 5.34. The topological polar surface area (TPSA) is 3.24 Å². The minimum atomic E-state index is 0.527. The molecule has 0 fully saturated rings. The van der Waals surface area contributed by atoms with Gasteiger partial charge in [0.15, 0.2) is 0 Å². The lowest BCUT2D eigenvalue weighted by Crippen LogP contribution is -2.32. The summed E-state index contributed by atoms with van der Waals surface area (Å²) in [5.74, 6) is 1.51. The molecule has 100 valence electrons. The molecule has 0 radical (unpaired) electrons. The molecule has 1 aliphatic carbocycles. The van der Waals surface area contributed by atoms with E-state index in [1.165, 1.54) is 31.4 Å². The molecule has 0 aromatic rings. The Morgan fingerprint density at radius 1 is 1.28 bits per heavy atom. The van der Waals surface area contributed by atoms with Crippen LogP contribution in [0.2, 0.25) is 0 Å². The fourth-order valence-electron chi connectivity index (χ4n) is 3.10. The van der Waals surface area contributed by atoms with Gasteiger partial charge in [-0.3, -0.25) is 4.90 Å². The maximum atomic E-state index is 2.52. The third-order valence-corrected chi connectivity index (χ3v) is 4.50. The van der Waals surface area contributed by atoms with Crippen LogP contribution in [0, 0.1) is 11.8 Å². The van der Waals surface area contributed by atoms with Gasteiger partial charge in [0.25, 0.3) is 0 Å². The van der Waals surface area contributed by atoms with Crippen LogP contribution in [0.25, 0.3) is 0 Å². The number of likely N-dealkylation sites (N-methyl/N-ethyl adjacent to an activating group) is 1. The molecular weight excluding hydrogens is 218 g/mol. The van der Waals surface area contributed by atoms with Crippen molar-refractivity contribution >= 4 is 0 Å². The number of hydrogen-bond acceptors (Lipinski definition) is 1. The second-order valence-corrected chi connectivity index (χ2v) is 6.16. The molecule has 2 unspecified atom stereocenters. The number of rotatable bonds is 2. The van der Waals surface area contributed by atoms with Gasteiger partial charge in [0.1, 0.15) is 0 Å². The zero-order chi connectivity index (χ0) is 13.1. The van der Waals surface area contributed by atoms with Gasteiger partial charge < -0.3 is 0 Å². The van der Waals surface area contributed by atoms with Crippen molar-refractivity contribution in [1.82, 2.24) is 4.90 Å². The Balaban J connectivity index is 2.21. The Bertz CT molecular complexity index is 373. The number of nitrogens with zero attached hydrogens (tertiary/aromatic N) is 1. The third-order valence-electron chi connectivity index (χ3n) is 4.50. The lowest BCUT2D eigenvalue weighted by Gasteiger charge is -2.29. The summed E-state index contributed by atoms with van der Waals surface area (Å²) in [6, 6.07) is 0.527. The second-order valence-electron chi connectivity index (χ2n) is 6.16. The summed E-state index contributed by atoms with van der Waals surface area (Å²) in [6.07, 6.45) is 13.3. The van der Waals surface area contributed by atoms with Crippen LogP contribution >= 0.6 is 0 Å². The van der Waals surface area contributed by atoms with Crippen molar-refractivity contribution < 1.29 is 0 Å². The van der Waals surface area contributed by atoms with Gasteiger partial charge in [-0.2, -0.15) is 0 Å². The lowest BCUT2D eigenvalue weighted by atomic mass is 9.90. The molecule has 0 spiro atoms. The Labute approximate surface area is 112 Å². The van der Waals surface area contributed by atoms with Crippen LogP contribution in [0.15, 0.2) is 35.5 Å². The summed E-state index contributed by atoms with van der Waals surface area (Å²) < 4.78 is 0. The summed E-state index contributed by atoms with van der Waals surface area (Å²) in [6.45, 7) is 8.14. The molecule has 1 heterocycles. The first-order valence-electron chi connectivity index (χ1n) is 7.34. The smallest absolute Gasteiger partial charge is 0.0494 e. The highest BCUT2D eigenvalue weighted by Gasteiger charge is 2.23. The zero-order valence-corrected chi connectivity index (χ0v) is 12.3. The second kappa shape index (κ2) is 5.88. The molecule has 2 atom stereocenters. The minimum absolute atomic E-state index is 0.527. The van der Waals surface area contributed by atoms with Crippen molar-refractivity contribution in [2.24, 2.45) is 11.8 Å². The van der Waals surface area contributed by atoms with E-state index >= 15 is 0 Å². The van der Waals surface area contributed by atoms with E-state index < -0.39 is 0 Å². The van der Waals surface area contributed by atoms with Crippen LogP contribution in [0.5, 0.6) is 0 Å². The van der Waals surface area contributed by atoms with Crippen LogP contribution in [0.4, 0.5) is 0 Å². The molecule has 18 heavy (non-hydrogen) atoms. The summed E-state index contributed by atoms with van der Waals surface area (Å²) in [5.41, 5.74) is 3.10. The van der Waals surface area contributed by atoms with Gasteiger partial charge in [0, 0.05) is 6.04 Å². The summed E-state index contributed by atoms with van der Waals surface area (Å²) in [4.78, 5) is 2.52. The maximum absolute atomic E-state index is 2.52. The van der Waals surface area contributed by atoms with Crippen LogP contribution in [0.3, 0.4) is 0 Å². The van der Waals surface area contributed by atoms with E-state index in [1.54, 1.807) is 5.57 Å². The Morgan fingerprint density at radius 2 is 2.06 bits per heavy atom. The van der Waals surface area contributed by atoms with E-state index in [9.17, 15) is 0 Å². The molecule has 0 aromatic carbocycles. The van der Waals surface area contributed by atoms with Gasteiger partial charge in [-0.25, -0.2) is 0 Å². The van der Waals surface area contributed by atoms with Gasteiger partial charge in [-0.05, 0) is 57.2 Å². The molecule has 2 rings (SSSR count). The first-order valence-corrected chi connectivity index (χ1v) is 7.34. The number of allylic oxidation sites excluding steroid dienone is 4. The quantitative estimate of drug-likeness (QED) is 0.660. The fraction of sp³-hybridized carbons (Fsp3) is 0.647. The van der Waals surface area contributed by atoms with E-state index in [4.69, 9.17) is 0 Å². The largest absolute Gasteiger partial charge is 0.296 e. The zero-order valence-electron chi connectivity index (χ0n) is 12.3. The van der Waals surface area contributed by atoms with Gasteiger partial charge in [0.2, 0.25) is 0 Å². The predicted octanol–water partition coefficient (Wildman–Crippen LogP) is 4.19. The molecule has 0 N–H and O–H groups in total. The monoisotopic (exact) mass is 245 g/mol. The van der Waals surface area contributed by atoms with Crippen molar-refractivity contribution in [3.63, 3.8) is 0 Å². The van der Waals surface area contributed by atoms with Gasteiger partial charge in [-0.1, -0.05) is 43.7 Å². The summed E-state index contributed by atoms with van der Waals surface area (Å²) in [5, 5.41) is 0. The molecule has 0 bridgehead atoms. The van der Waals surface area contributed by atoms with Gasteiger partial charge in [-0.15, -0.1) is 0 Å². The average molecular weight is 245 g/mol.